The van der Waals surface area contributed by atoms with Crippen LogP contribution in [0, 0.1) is 5.92 Å². The van der Waals surface area contributed by atoms with Gasteiger partial charge in [-0.15, -0.1) is 0 Å². The second kappa shape index (κ2) is 5.14. The van der Waals surface area contributed by atoms with Gasteiger partial charge in [0.05, 0.1) is 0 Å². The van der Waals surface area contributed by atoms with Crippen LogP contribution in [0.15, 0.2) is 18.3 Å². The third kappa shape index (κ3) is 3.17. The molecule has 1 aliphatic heterocycles. The topological polar surface area (TPSA) is 71.2 Å². The highest BCUT2D eigenvalue weighted by molar-refractivity contribution is 5.91. The second-order valence-electron chi connectivity index (χ2n) is 4.59. The van der Waals surface area contributed by atoms with Gasteiger partial charge >= 0.3 is 0 Å². The van der Waals surface area contributed by atoms with Crippen LogP contribution in [0.1, 0.15) is 16.9 Å². The molecule has 0 aliphatic carbocycles. The number of hydrogen-bond acceptors (Lipinski definition) is 4. The van der Waals surface area contributed by atoms with Crippen molar-refractivity contribution in [1.82, 2.24) is 9.88 Å². The molecule has 0 saturated carbocycles. The van der Waals surface area contributed by atoms with Crippen molar-refractivity contribution in [3.63, 3.8) is 0 Å². The first-order valence-electron chi connectivity index (χ1n) is 5.83. The zero-order chi connectivity index (χ0) is 12.3. The van der Waals surface area contributed by atoms with Gasteiger partial charge in [0.25, 0.3) is 5.91 Å². The van der Waals surface area contributed by atoms with E-state index in [1.54, 1.807) is 12.3 Å². The minimum Gasteiger partial charge on any atom is -0.385 e. The molecule has 1 aromatic heterocycles. The summed E-state index contributed by atoms with van der Waals surface area (Å²) in [6, 6.07) is 3.55. The zero-order valence-electron chi connectivity index (χ0n) is 10.0. The number of carbonyl (C=O) groups is 1. The van der Waals surface area contributed by atoms with Crippen molar-refractivity contribution >= 4 is 11.6 Å². The third-order valence-electron chi connectivity index (χ3n) is 3.10. The predicted molar refractivity (Wildman–Crippen MR) is 66.8 cm³/mol. The minimum absolute atomic E-state index is 0.304. The first kappa shape index (κ1) is 11.9. The highest BCUT2D eigenvalue weighted by atomic mass is 16.1. The van der Waals surface area contributed by atoms with Gasteiger partial charge in [-0.25, -0.2) is 0 Å². The molecule has 3 N–H and O–H groups in total. The van der Waals surface area contributed by atoms with Crippen molar-refractivity contribution in [2.45, 2.75) is 6.42 Å². The molecule has 1 saturated heterocycles. The predicted octanol–water partition coefficient (Wildman–Crippen LogP) is 0.544. The molecule has 0 aromatic carbocycles. The number of primary amides is 1. The van der Waals surface area contributed by atoms with Gasteiger partial charge in [0.1, 0.15) is 5.69 Å². The fourth-order valence-electron chi connectivity index (χ4n) is 2.13. The summed E-state index contributed by atoms with van der Waals surface area (Å²) in [5, 5.41) is 3.33. The van der Waals surface area contributed by atoms with Crippen molar-refractivity contribution in [2.75, 3.05) is 32.0 Å². The molecule has 1 fully saturated rings. The number of nitrogens with two attached hydrogens (primary N) is 1. The SMILES string of the molecule is CN1CCC(CNc2ccnc(C(N)=O)c2)C1. The molecule has 2 heterocycles. The number of likely N-dealkylation sites (tertiary alicyclic amines) is 1. The van der Waals surface area contributed by atoms with E-state index in [1.165, 1.54) is 6.42 Å². The van der Waals surface area contributed by atoms with Gasteiger partial charge in [-0.1, -0.05) is 0 Å². The number of nitrogens with zero attached hydrogens (tertiary/aromatic N) is 2. The maximum atomic E-state index is 11.0. The van der Waals surface area contributed by atoms with Crippen molar-refractivity contribution in [3.05, 3.63) is 24.0 Å². The largest absolute Gasteiger partial charge is 0.385 e. The Morgan fingerprint density at radius 1 is 1.71 bits per heavy atom. The Morgan fingerprint density at radius 3 is 3.18 bits per heavy atom. The monoisotopic (exact) mass is 234 g/mol. The third-order valence-corrected chi connectivity index (χ3v) is 3.10. The van der Waals surface area contributed by atoms with Crippen molar-refractivity contribution in [3.8, 4) is 0 Å². The van der Waals surface area contributed by atoms with Crippen molar-refractivity contribution in [1.29, 1.82) is 0 Å². The van der Waals surface area contributed by atoms with E-state index in [-0.39, 0.29) is 0 Å². The van der Waals surface area contributed by atoms with Crippen molar-refractivity contribution in [2.24, 2.45) is 11.7 Å². The van der Waals surface area contributed by atoms with Crippen LogP contribution >= 0.6 is 0 Å². The molecule has 1 amide bonds. The normalized spacial score (nSPS) is 20.4. The summed E-state index contributed by atoms with van der Waals surface area (Å²) in [6.07, 6.45) is 2.82. The minimum atomic E-state index is -0.491. The molecule has 0 radical (unpaired) electrons. The lowest BCUT2D eigenvalue weighted by Gasteiger charge is -2.12. The summed E-state index contributed by atoms with van der Waals surface area (Å²) in [7, 11) is 2.14. The van der Waals surface area contributed by atoms with E-state index in [2.05, 4.69) is 22.2 Å². The second-order valence-corrected chi connectivity index (χ2v) is 4.59. The van der Waals surface area contributed by atoms with Gasteiger partial charge in [0.2, 0.25) is 0 Å². The van der Waals surface area contributed by atoms with E-state index in [0.717, 1.165) is 25.3 Å². The zero-order valence-corrected chi connectivity index (χ0v) is 10.0. The average Bonchev–Trinajstić information content (AvgIpc) is 2.73. The molecule has 0 spiro atoms. The Labute approximate surface area is 101 Å². The molecule has 0 bridgehead atoms. The first-order chi connectivity index (χ1) is 8.15. The van der Waals surface area contributed by atoms with Crippen LogP contribution in [0.25, 0.3) is 0 Å². The van der Waals surface area contributed by atoms with E-state index in [4.69, 9.17) is 5.73 Å². The van der Waals surface area contributed by atoms with E-state index in [9.17, 15) is 4.79 Å². The number of nitrogens with one attached hydrogen (secondary N) is 1. The molecule has 1 aliphatic rings. The highest BCUT2D eigenvalue weighted by Gasteiger charge is 2.18. The van der Waals surface area contributed by atoms with Gasteiger partial charge in [-0.2, -0.15) is 0 Å². The average molecular weight is 234 g/mol. The maximum absolute atomic E-state index is 11.0. The van der Waals surface area contributed by atoms with E-state index in [1.807, 2.05) is 6.07 Å². The molecular formula is C12H18N4O. The van der Waals surface area contributed by atoms with Gasteiger partial charge < -0.3 is 16.0 Å². The van der Waals surface area contributed by atoms with Gasteiger partial charge in [-0.05, 0) is 38.1 Å². The Kier molecular flexibility index (Phi) is 3.58. The number of aromatic nitrogens is 1. The van der Waals surface area contributed by atoms with Crippen LogP contribution in [0.2, 0.25) is 0 Å². The molecule has 92 valence electrons. The van der Waals surface area contributed by atoms with E-state index in [0.29, 0.717) is 11.6 Å². The summed E-state index contributed by atoms with van der Waals surface area (Å²) in [5.41, 5.74) is 6.39. The molecule has 5 nitrogen and oxygen atoms in total. The molecule has 1 aromatic rings. The Balaban J connectivity index is 1.90. The Bertz CT molecular complexity index is 407. The first-order valence-corrected chi connectivity index (χ1v) is 5.83. The molecular weight excluding hydrogens is 216 g/mol. The summed E-state index contributed by atoms with van der Waals surface area (Å²) in [5.74, 6) is 0.180. The lowest BCUT2D eigenvalue weighted by Crippen LogP contribution is -2.19. The number of amides is 1. The molecule has 17 heavy (non-hydrogen) atoms. The molecule has 1 atom stereocenters. The lowest BCUT2D eigenvalue weighted by atomic mass is 10.1. The van der Waals surface area contributed by atoms with Crippen molar-refractivity contribution < 1.29 is 4.79 Å². The summed E-state index contributed by atoms with van der Waals surface area (Å²) in [4.78, 5) is 17.2. The van der Waals surface area contributed by atoms with E-state index >= 15 is 0 Å². The maximum Gasteiger partial charge on any atom is 0.267 e. The molecule has 1 unspecified atom stereocenters. The van der Waals surface area contributed by atoms with Gasteiger partial charge in [0, 0.05) is 25.0 Å². The van der Waals surface area contributed by atoms with Crippen LogP contribution in [-0.4, -0.2) is 42.5 Å². The Morgan fingerprint density at radius 2 is 2.53 bits per heavy atom. The number of hydrogen-bond donors (Lipinski definition) is 2. The van der Waals surface area contributed by atoms with Crippen LogP contribution in [0.3, 0.4) is 0 Å². The highest BCUT2D eigenvalue weighted by Crippen LogP contribution is 2.15. The fourth-order valence-corrected chi connectivity index (χ4v) is 2.13. The number of anilines is 1. The summed E-state index contributed by atoms with van der Waals surface area (Å²) >= 11 is 0. The standard InChI is InChI=1S/C12H18N4O/c1-16-5-3-9(8-16)7-15-10-2-4-14-11(6-10)12(13)17/h2,4,6,9H,3,5,7-8H2,1H3,(H2,13,17)(H,14,15). The number of rotatable bonds is 4. The van der Waals surface area contributed by atoms with Crippen LogP contribution < -0.4 is 11.1 Å². The number of carbonyl (C=O) groups excluding carboxylic acids is 1. The lowest BCUT2D eigenvalue weighted by molar-refractivity contribution is 0.0995. The Hall–Kier alpha value is -1.62. The molecule has 5 heteroatoms. The fraction of sp³-hybridized carbons (Fsp3) is 0.500. The van der Waals surface area contributed by atoms with Gasteiger partial charge in [0.15, 0.2) is 0 Å². The van der Waals surface area contributed by atoms with Crippen LogP contribution in [0.5, 0.6) is 0 Å². The summed E-state index contributed by atoms with van der Waals surface area (Å²) in [6.45, 7) is 3.21. The molecule has 2 rings (SSSR count). The smallest absolute Gasteiger partial charge is 0.267 e. The van der Waals surface area contributed by atoms with Crippen LogP contribution in [0.4, 0.5) is 5.69 Å². The van der Waals surface area contributed by atoms with E-state index < -0.39 is 5.91 Å². The van der Waals surface area contributed by atoms with Gasteiger partial charge in [-0.3, -0.25) is 9.78 Å². The van der Waals surface area contributed by atoms with Crippen LogP contribution in [-0.2, 0) is 0 Å². The summed E-state index contributed by atoms with van der Waals surface area (Å²) < 4.78 is 0. The number of pyridine rings is 1. The quantitative estimate of drug-likeness (QED) is 0.798.